The van der Waals surface area contributed by atoms with Crippen molar-refractivity contribution in [3.05, 3.63) is 0 Å². The Hall–Kier alpha value is -1.27. The first kappa shape index (κ1) is 18.1. The van der Waals surface area contributed by atoms with Crippen LogP contribution in [0.1, 0.15) is 64.2 Å². The van der Waals surface area contributed by atoms with E-state index in [2.05, 4.69) is 5.32 Å². The first-order chi connectivity index (χ1) is 12.1. The Labute approximate surface area is 150 Å². The number of halogens is 3. The fourth-order valence-electron chi connectivity index (χ4n) is 6.68. The molecule has 5 fully saturated rings. The highest BCUT2D eigenvalue weighted by Crippen LogP contribution is 2.69. The van der Waals surface area contributed by atoms with Gasteiger partial charge in [-0.25, -0.2) is 0 Å². The molecule has 7 heteroatoms. The molecule has 2 atom stereocenters. The molecule has 5 rings (SSSR count). The van der Waals surface area contributed by atoms with Crippen LogP contribution in [0, 0.1) is 28.6 Å². The highest BCUT2D eigenvalue weighted by atomic mass is 19.4. The van der Waals surface area contributed by atoms with Gasteiger partial charge in [0.2, 0.25) is 5.91 Å². The first-order valence-corrected chi connectivity index (χ1v) is 9.73. The van der Waals surface area contributed by atoms with E-state index in [1.54, 1.807) is 0 Å². The van der Waals surface area contributed by atoms with Gasteiger partial charge in [0.1, 0.15) is 0 Å². The number of hydrogen-bond donors (Lipinski definition) is 2. The maximum Gasteiger partial charge on any atom is 0.394 e. The van der Waals surface area contributed by atoms with Crippen molar-refractivity contribution in [3.8, 4) is 0 Å². The van der Waals surface area contributed by atoms with E-state index in [0.29, 0.717) is 38.5 Å². The van der Waals surface area contributed by atoms with Gasteiger partial charge in [-0.15, -0.1) is 0 Å². The topological polar surface area (TPSA) is 66.4 Å². The Morgan fingerprint density at radius 3 is 2.04 bits per heavy atom. The number of nitrogens with one attached hydrogen (secondary N) is 1. The largest absolute Gasteiger partial charge is 0.481 e. The minimum atomic E-state index is -4.24. The summed E-state index contributed by atoms with van der Waals surface area (Å²) in [5.74, 6) is -1.36. The van der Waals surface area contributed by atoms with Crippen molar-refractivity contribution in [1.82, 2.24) is 5.32 Å². The fourth-order valence-corrected chi connectivity index (χ4v) is 6.68. The van der Waals surface area contributed by atoms with Crippen molar-refractivity contribution in [2.45, 2.75) is 76.4 Å². The van der Waals surface area contributed by atoms with Gasteiger partial charge in [-0.2, -0.15) is 13.2 Å². The summed E-state index contributed by atoms with van der Waals surface area (Å²) in [4.78, 5) is 24.1. The summed E-state index contributed by atoms with van der Waals surface area (Å²) in [7, 11) is 0. The van der Waals surface area contributed by atoms with Crippen molar-refractivity contribution < 1.29 is 27.9 Å². The molecule has 5 aliphatic rings. The lowest BCUT2D eigenvalue weighted by Crippen LogP contribution is -2.62. The number of carboxylic acids is 1. The van der Waals surface area contributed by atoms with Gasteiger partial charge in [-0.1, -0.05) is 0 Å². The smallest absolute Gasteiger partial charge is 0.394 e. The van der Waals surface area contributed by atoms with E-state index in [4.69, 9.17) is 5.11 Å². The summed E-state index contributed by atoms with van der Waals surface area (Å²) in [6.07, 6.45) is 0.286. The van der Waals surface area contributed by atoms with Crippen LogP contribution in [0.15, 0.2) is 0 Å². The Morgan fingerprint density at radius 1 is 0.962 bits per heavy atom. The number of carboxylic acid groups (broad SMARTS) is 1. The maximum atomic E-state index is 13.8. The van der Waals surface area contributed by atoms with E-state index in [0.717, 1.165) is 6.42 Å². The number of carbonyl (C=O) groups excluding carboxylic acids is 1. The van der Waals surface area contributed by atoms with E-state index in [1.165, 1.54) is 0 Å². The molecule has 0 spiro atoms. The molecular weight excluding hydrogens is 347 g/mol. The molecule has 0 aromatic carbocycles. The molecule has 4 bridgehead atoms. The molecule has 0 aliphatic heterocycles. The zero-order chi connectivity index (χ0) is 18.7. The monoisotopic (exact) mass is 373 g/mol. The van der Waals surface area contributed by atoms with Gasteiger partial charge in [0, 0.05) is 6.04 Å². The van der Waals surface area contributed by atoms with Gasteiger partial charge in [0.15, 0.2) is 0 Å². The molecule has 0 radical (unpaired) electrons. The van der Waals surface area contributed by atoms with Crippen LogP contribution in [0.3, 0.4) is 0 Å². The SMILES string of the molecule is O=C(O)C1CCC(NC(=O)C23CC4CC(C2)CC(C(F)(F)F)(C4)C3)CC1. The Balaban J connectivity index is 1.47. The predicted octanol–water partition coefficient (Wildman–Crippen LogP) is 3.89. The van der Waals surface area contributed by atoms with Crippen molar-refractivity contribution in [2.24, 2.45) is 28.6 Å². The van der Waals surface area contributed by atoms with Crippen LogP contribution in [0.2, 0.25) is 0 Å². The number of rotatable bonds is 3. The summed E-state index contributed by atoms with van der Waals surface area (Å²) in [5, 5.41) is 12.1. The van der Waals surface area contributed by atoms with E-state index in [1.807, 2.05) is 0 Å². The van der Waals surface area contributed by atoms with Crippen LogP contribution in [0.4, 0.5) is 13.2 Å². The Bertz CT molecular complexity index is 596. The number of carbonyl (C=O) groups is 2. The molecule has 0 aromatic rings. The molecule has 0 heterocycles. The third kappa shape index (κ3) is 2.82. The second-order valence-corrected chi connectivity index (χ2v) is 9.38. The average Bonchev–Trinajstić information content (AvgIpc) is 2.53. The fraction of sp³-hybridized carbons (Fsp3) is 0.895. The Kier molecular flexibility index (Phi) is 4.08. The lowest BCUT2D eigenvalue weighted by molar-refractivity contribution is -0.283. The molecule has 26 heavy (non-hydrogen) atoms. The van der Waals surface area contributed by atoms with E-state index >= 15 is 0 Å². The second-order valence-electron chi connectivity index (χ2n) is 9.38. The van der Waals surface area contributed by atoms with Crippen LogP contribution < -0.4 is 5.32 Å². The molecule has 2 N–H and O–H groups in total. The van der Waals surface area contributed by atoms with Gasteiger partial charge in [0.25, 0.3) is 0 Å². The van der Waals surface area contributed by atoms with Crippen LogP contribution in [-0.2, 0) is 9.59 Å². The van der Waals surface area contributed by atoms with Gasteiger partial charge in [-0.3, -0.25) is 9.59 Å². The number of alkyl halides is 3. The zero-order valence-corrected chi connectivity index (χ0v) is 14.8. The predicted molar refractivity (Wildman–Crippen MR) is 87.1 cm³/mol. The van der Waals surface area contributed by atoms with Crippen LogP contribution in [-0.4, -0.2) is 29.2 Å². The van der Waals surface area contributed by atoms with Crippen molar-refractivity contribution in [1.29, 1.82) is 0 Å². The molecule has 2 unspecified atom stereocenters. The van der Waals surface area contributed by atoms with Crippen molar-refractivity contribution in [3.63, 3.8) is 0 Å². The average molecular weight is 373 g/mol. The second kappa shape index (κ2) is 5.86. The molecule has 146 valence electrons. The third-order valence-electron chi connectivity index (χ3n) is 7.56. The molecular formula is C19H26F3NO3. The summed E-state index contributed by atoms with van der Waals surface area (Å²) in [5.41, 5.74) is -2.54. The molecule has 0 saturated heterocycles. The highest BCUT2D eigenvalue weighted by molar-refractivity contribution is 5.83. The van der Waals surface area contributed by atoms with E-state index in [-0.39, 0.29) is 49.0 Å². The summed E-state index contributed by atoms with van der Waals surface area (Å²) in [6.45, 7) is 0. The molecule has 1 amide bonds. The minimum Gasteiger partial charge on any atom is -0.481 e. The number of aliphatic carboxylic acids is 1. The number of hydrogen-bond acceptors (Lipinski definition) is 2. The lowest BCUT2D eigenvalue weighted by Gasteiger charge is -2.61. The zero-order valence-electron chi connectivity index (χ0n) is 14.8. The Morgan fingerprint density at radius 2 is 1.54 bits per heavy atom. The quantitative estimate of drug-likeness (QED) is 0.789. The molecule has 0 aromatic heterocycles. The van der Waals surface area contributed by atoms with E-state index in [9.17, 15) is 22.8 Å². The maximum absolute atomic E-state index is 13.8. The lowest BCUT2D eigenvalue weighted by atomic mass is 9.43. The highest BCUT2D eigenvalue weighted by Gasteiger charge is 2.68. The molecule has 4 nitrogen and oxygen atoms in total. The van der Waals surface area contributed by atoms with Gasteiger partial charge < -0.3 is 10.4 Å². The number of amides is 1. The first-order valence-electron chi connectivity index (χ1n) is 9.73. The van der Waals surface area contributed by atoms with Crippen LogP contribution >= 0.6 is 0 Å². The van der Waals surface area contributed by atoms with Crippen LogP contribution in [0.5, 0.6) is 0 Å². The van der Waals surface area contributed by atoms with Gasteiger partial charge in [0.05, 0.1) is 16.7 Å². The third-order valence-corrected chi connectivity index (χ3v) is 7.56. The van der Waals surface area contributed by atoms with Gasteiger partial charge >= 0.3 is 12.1 Å². The summed E-state index contributed by atoms with van der Waals surface area (Å²) < 4.78 is 41.5. The summed E-state index contributed by atoms with van der Waals surface area (Å²) >= 11 is 0. The molecule has 5 aliphatic carbocycles. The standard InChI is InChI=1S/C19H26F3NO3/c20-19(21,22)18-8-11-5-12(9-18)7-17(6-11,10-18)16(26)23-14-3-1-13(2-4-14)15(24)25/h11-14H,1-10H2,(H,23,26)(H,24,25). The minimum absolute atomic E-state index is 0.00590. The van der Waals surface area contributed by atoms with Crippen molar-refractivity contribution >= 4 is 11.9 Å². The summed E-state index contributed by atoms with van der Waals surface area (Å²) in [6, 6.07) is -0.104. The van der Waals surface area contributed by atoms with Crippen LogP contribution in [0.25, 0.3) is 0 Å². The normalized spacial score (nSPS) is 44.7. The molecule has 5 saturated carbocycles. The van der Waals surface area contributed by atoms with Crippen molar-refractivity contribution in [2.75, 3.05) is 0 Å². The van der Waals surface area contributed by atoms with Gasteiger partial charge in [-0.05, 0) is 76.0 Å². The van der Waals surface area contributed by atoms with E-state index < -0.39 is 23.0 Å².